The number of ether oxygens (including phenoxy) is 2. The molecule has 0 aliphatic carbocycles. The van der Waals surface area contributed by atoms with Crippen molar-refractivity contribution < 1.29 is 19.1 Å². The summed E-state index contributed by atoms with van der Waals surface area (Å²) in [5.41, 5.74) is -0.0806. The van der Waals surface area contributed by atoms with Gasteiger partial charge in [-0.3, -0.25) is 19.0 Å². The van der Waals surface area contributed by atoms with Crippen molar-refractivity contribution in [3.05, 3.63) is 46.4 Å². The van der Waals surface area contributed by atoms with Crippen molar-refractivity contribution in [3.8, 4) is 5.75 Å². The van der Waals surface area contributed by atoms with Crippen LogP contribution in [0.25, 0.3) is 0 Å². The Morgan fingerprint density at radius 2 is 2.23 bits per heavy atom. The summed E-state index contributed by atoms with van der Waals surface area (Å²) in [4.78, 5) is 41.3. The minimum atomic E-state index is -0.567. The molecular weight excluding hydrogens is 408 g/mol. The Bertz CT molecular complexity index is 972. The molecule has 1 saturated heterocycles. The molecule has 9 nitrogen and oxygen atoms in total. The number of nitrogens with zero attached hydrogens (tertiary/aromatic N) is 2. The molecule has 30 heavy (non-hydrogen) atoms. The number of carbonyl (C=O) groups excluding carboxylic acids is 2. The van der Waals surface area contributed by atoms with Crippen LogP contribution in [0.3, 0.4) is 0 Å². The highest BCUT2D eigenvalue weighted by Crippen LogP contribution is 2.18. The zero-order valence-electron chi connectivity index (χ0n) is 16.8. The SMILES string of the molecule is COc1cccc(NC(=O)c2cnc(SCC(=O)NC[C@H]3CCCO3)n(C)c2=O)c1. The van der Waals surface area contributed by atoms with Crippen LogP contribution in [0.1, 0.15) is 23.2 Å². The summed E-state index contributed by atoms with van der Waals surface area (Å²) >= 11 is 1.13. The first-order valence-electron chi connectivity index (χ1n) is 9.50. The van der Waals surface area contributed by atoms with E-state index in [9.17, 15) is 14.4 Å². The molecule has 1 aromatic carbocycles. The number of thioether (sulfide) groups is 1. The summed E-state index contributed by atoms with van der Waals surface area (Å²) in [5, 5.41) is 5.83. The number of rotatable bonds is 8. The first kappa shape index (κ1) is 21.8. The van der Waals surface area contributed by atoms with Crippen LogP contribution in [0.2, 0.25) is 0 Å². The Morgan fingerprint density at radius 1 is 1.40 bits per heavy atom. The standard InChI is InChI=1S/C20H24N4O5S/c1-24-19(27)16(18(26)23-13-5-3-6-14(9-13)28-2)11-22-20(24)30-12-17(25)21-10-15-7-4-8-29-15/h3,5-6,9,11,15H,4,7-8,10,12H2,1-2H3,(H,21,25)(H,23,26)/t15-/m1/s1. The average Bonchev–Trinajstić information content (AvgIpc) is 3.27. The molecule has 0 unspecified atom stereocenters. The second-order valence-corrected chi connectivity index (χ2v) is 7.67. The topological polar surface area (TPSA) is 112 Å². The third-order valence-electron chi connectivity index (χ3n) is 4.58. The number of hydrogen-bond acceptors (Lipinski definition) is 7. The fourth-order valence-corrected chi connectivity index (χ4v) is 3.70. The predicted octanol–water partition coefficient (Wildman–Crippen LogP) is 1.43. The second-order valence-electron chi connectivity index (χ2n) is 6.73. The monoisotopic (exact) mass is 432 g/mol. The number of methoxy groups -OCH3 is 1. The van der Waals surface area contributed by atoms with Crippen LogP contribution in [0.4, 0.5) is 5.69 Å². The molecule has 1 fully saturated rings. The Balaban J connectivity index is 1.59. The van der Waals surface area contributed by atoms with Crippen LogP contribution in [0.5, 0.6) is 5.75 Å². The average molecular weight is 433 g/mol. The van der Waals surface area contributed by atoms with Gasteiger partial charge in [0.1, 0.15) is 11.3 Å². The van der Waals surface area contributed by atoms with E-state index in [4.69, 9.17) is 9.47 Å². The highest BCUT2D eigenvalue weighted by molar-refractivity contribution is 7.99. The molecule has 0 radical (unpaired) electrons. The van der Waals surface area contributed by atoms with E-state index in [-0.39, 0.29) is 23.3 Å². The lowest BCUT2D eigenvalue weighted by atomic mass is 10.2. The molecule has 1 aromatic heterocycles. The third-order valence-corrected chi connectivity index (χ3v) is 5.63. The van der Waals surface area contributed by atoms with Gasteiger partial charge in [-0.25, -0.2) is 4.98 Å². The van der Waals surface area contributed by atoms with Crippen molar-refractivity contribution >= 4 is 29.3 Å². The van der Waals surface area contributed by atoms with Gasteiger partial charge >= 0.3 is 0 Å². The van der Waals surface area contributed by atoms with E-state index in [2.05, 4.69) is 15.6 Å². The number of carbonyl (C=O) groups is 2. The summed E-state index contributed by atoms with van der Waals surface area (Å²) in [7, 11) is 3.05. The number of hydrogen-bond donors (Lipinski definition) is 2. The van der Waals surface area contributed by atoms with Crippen molar-refractivity contribution in [2.24, 2.45) is 7.05 Å². The van der Waals surface area contributed by atoms with E-state index < -0.39 is 11.5 Å². The van der Waals surface area contributed by atoms with E-state index >= 15 is 0 Å². The fraction of sp³-hybridized carbons (Fsp3) is 0.400. The normalized spacial score (nSPS) is 15.6. The Labute approximate surface area is 178 Å². The van der Waals surface area contributed by atoms with E-state index in [0.29, 0.717) is 23.1 Å². The smallest absolute Gasteiger partial charge is 0.266 e. The highest BCUT2D eigenvalue weighted by atomic mass is 32.2. The van der Waals surface area contributed by atoms with Crippen LogP contribution in [-0.2, 0) is 16.6 Å². The summed E-state index contributed by atoms with van der Waals surface area (Å²) < 4.78 is 11.9. The van der Waals surface area contributed by atoms with Gasteiger partial charge in [0.05, 0.1) is 19.0 Å². The minimum absolute atomic E-state index is 0.0730. The first-order chi connectivity index (χ1) is 14.5. The van der Waals surface area contributed by atoms with Gasteiger partial charge in [0.25, 0.3) is 11.5 Å². The highest BCUT2D eigenvalue weighted by Gasteiger charge is 2.18. The molecule has 0 saturated carbocycles. The van der Waals surface area contributed by atoms with Crippen LogP contribution in [-0.4, -0.2) is 53.5 Å². The number of anilines is 1. The Kier molecular flexibility index (Phi) is 7.47. The molecule has 0 bridgehead atoms. The summed E-state index contributed by atoms with van der Waals surface area (Å²) in [5.74, 6) is -0.0299. The number of amides is 2. The van der Waals surface area contributed by atoms with Crippen molar-refractivity contribution in [2.45, 2.75) is 24.1 Å². The number of benzene rings is 1. The Hall–Kier alpha value is -2.85. The van der Waals surface area contributed by atoms with Gasteiger partial charge < -0.3 is 20.1 Å². The largest absolute Gasteiger partial charge is 0.497 e. The predicted molar refractivity (Wildman–Crippen MR) is 113 cm³/mol. The van der Waals surface area contributed by atoms with Gasteiger partial charge in [0.15, 0.2) is 5.16 Å². The molecule has 0 spiro atoms. The van der Waals surface area contributed by atoms with Crippen LogP contribution in [0, 0.1) is 0 Å². The van der Waals surface area contributed by atoms with Gasteiger partial charge in [0.2, 0.25) is 5.91 Å². The van der Waals surface area contributed by atoms with Crippen molar-refractivity contribution in [1.82, 2.24) is 14.9 Å². The lowest BCUT2D eigenvalue weighted by molar-refractivity contribution is -0.119. The zero-order valence-corrected chi connectivity index (χ0v) is 17.7. The first-order valence-corrected chi connectivity index (χ1v) is 10.5. The maximum atomic E-state index is 12.6. The zero-order chi connectivity index (χ0) is 21.5. The molecule has 160 valence electrons. The molecule has 2 heterocycles. The maximum absolute atomic E-state index is 12.6. The van der Waals surface area contributed by atoms with Crippen LogP contribution >= 0.6 is 11.8 Å². The van der Waals surface area contributed by atoms with E-state index in [1.807, 2.05) is 0 Å². The summed E-state index contributed by atoms with van der Waals surface area (Å²) in [6, 6.07) is 6.82. The molecule has 1 atom stereocenters. The van der Waals surface area contributed by atoms with Crippen molar-refractivity contribution in [1.29, 1.82) is 0 Å². The number of nitrogens with one attached hydrogen (secondary N) is 2. The van der Waals surface area contributed by atoms with Crippen molar-refractivity contribution in [2.75, 3.05) is 31.3 Å². The van der Waals surface area contributed by atoms with E-state index in [0.717, 1.165) is 31.2 Å². The van der Waals surface area contributed by atoms with Gasteiger partial charge in [0, 0.05) is 38.1 Å². The quantitative estimate of drug-likeness (QED) is 0.479. The minimum Gasteiger partial charge on any atom is -0.497 e. The Morgan fingerprint density at radius 3 is 2.97 bits per heavy atom. The second kappa shape index (κ2) is 10.3. The third kappa shape index (κ3) is 5.61. The van der Waals surface area contributed by atoms with E-state index in [1.165, 1.54) is 24.9 Å². The van der Waals surface area contributed by atoms with Crippen molar-refractivity contribution in [3.63, 3.8) is 0 Å². The number of aromatic nitrogens is 2. The molecule has 2 N–H and O–H groups in total. The van der Waals surface area contributed by atoms with E-state index in [1.54, 1.807) is 24.3 Å². The summed E-state index contributed by atoms with van der Waals surface area (Å²) in [6.07, 6.45) is 3.26. The lowest BCUT2D eigenvalue weighted by Gasteiger charge is -2.12. The molecule has 2 aromatic rings. The van der Waals surface area contributed by atoms with Gasteiger partial charge in [-0.2, -0.15) is 0 Å². The lowest BCUT2D eigenvalue weighted by Crippen LogP contribution is -2.33. The van der Waals surface area contributed by atoms with Crippen LogP contribution in [0.15, 0.2) is 40.4 Å². The fourth-order valence-electron chi connectivity index (χ4n) is 2.93. The molecule has 1 aliphatic heterocycles. The van der Waals surface area contributed by atoms with Gasteiger partial charge in [-0.15, -0.1) is 0 Å². The van der Waals surface area contributed by atoms with Gasteiger partial charge in [-0.05, 0) is 25.0 Å². The molecular formula is C20H24N4O5S. The maximum Gasteiger partial charge on any atom is 0.266 e. The molecule has 2 amide bonds. The van der Waals surface area contributed by atoms with Gasteiger partial charge in [-0.1, -0.05) is 17.8 Å². The molecule has 10 heteroatoms. The van der Waals surface area contributed by atoms with Crippen LogP contribution < -0.4 is 20.9 Å². The summed E-state index contributed by atoms with van der Waals surface area (Å²) in [6.45, 7) is 1.22. The molecule has 3 rings (SSSR count). The molecule has 1 aliphatic rings.